The van der Waals surface area contributed by atoms with E-state index in [9.17, 15) is 4.79 Å². The number of carbonyl (C=O) groups is 1. The van der Waals surface area contributed by atoms with Crippen molar-refractivity contribution in [2.75, 3.05) is 26.4 Å². The summed E-state index contributed by atoms with van der Waals surface area (Å²) in [6.45, 7) is 4.01. The summed E-state index contributed by atoms with van der Waals surface area (Å²) in [5.41, 5.74) is 3.50. The van der Waals surface area contributed by atoms with Gasteiger partial charge in [0.15, 0.2) is 5.78 Å². The van der Waals surface area contributed by atoms with E-state index in [-0.39, 0.29) is 12.4 Å². The molecule has 1 aliphatic rings. The van der Waals surface area contributed by atoms with Gasteiger partial charge in [-0.15, -0.1) is 0 Å². The molecule has 1 aromatic rings. The quantitative estimate of drug-likeness (QED) is 0.534. The Morgan fingerprint density at radius 1 is 1.11 bits per heavy atom. The standard InChI is InChI=1S/C16H22O3/c1-2-8-18-9-10-19-12-16(17)15-7-6-13-4-3-5-14(13)11-15/h6-7,11H,2-5,8-10,12H2,1H3. The maximum Gasteiger partial charge on any atom is 0.188 e. The summed E-state index contributed by atoms with van der Waals surface area (Å²) in [5, 5.41) is 0. The monoisotopic (exact) mass is 262 g/mol. The van der Waals surface area contributed by atoms with E-state index in [0.717, 1.165) is 31.4 Å². The predicted molar refractivity (Wildman–Crippen MR) is 74.7 cm³/mol. The zero-order valence-electron chi connectivity index (χ0n) is 11.6. The molecule has 0 amide bonds. The molecule has 0 saturated carbocycles. The van der Waals surface area contributed by atoms with E-state index in [1.807, 2.05) is 12.1 Å². The molecule has 0 saturated heterocycles. The van der Waals surface area contributed by atoms with Gasteiger partial charge in [0.2, 0.25) is 0 Å². The fourth-order valence-electron chi connectivity index (χ4n) is 2.36. The smallest absolute Gasteiger partial charge is 0.188 e. The number of ketones is 1. The van der Waals surface area contributed by atoms with Gasteiger partial charge in [-0.3, -0.25) is 4.79 Å². The SMILES string of the molecule is CCCOCCOCC(=O)c1ccc2c(c1)CCC2. The molecule has 0 aliphatic heterocycles. The summed E-state index contributed by atoms with van der Waals surface area (Å²) in [4.78, 5) is 12.0. The van der Waals surface area contributed by atoms with Crippen LogP contribution in [0.15, 0.2) is 18.2 Å². The molecule has 1 aliphatic carbocycles. The average molecular weight is 262 g/mol. The predicted octanol–water partition coefficient (Wildman–Crippen LogP) is 2.80. The van der Waals surface area contributed by atoms with E-state index >= 15 is 0 Å². The van der Waals surface area contributed by atoms with Gasteiger partial charge in [-0.05, 0) is 42.9 Å². The Morgan fingerprint density at radius 2 is 1.89 bits per heavy atom. The highest BCUT2D eigenvalue weighted by atomic mass is 16.5. The molecule has 3 nitrogen and oxygen atoms in total. The van der Waals surface area contributed by atoms with Crippen LogP contribution in [0.2, 0.25) is 0 Å². The second kappa shape index (κ2) is 7.41. The highest BCUT2D eigenvalue weighted by Crippen LogP contribution is 2.22. The van der Waals surface area contributed by atoms with Crippen LogP contribution in [0, 0.1) is 0 Å². The number of Topliss-reactive ketones (excluding diaryl/α,β-unsaturated/α-hetero) is 1. The third-order valence-corrected chi connectivity index (χ3v) is 3.37. The summed E-state index contributed by atoms with van der Waals surface area (Å²) in [7, 11) is 0. The van der Waals surface area contributed by atoms with Crippen LogP contribution in [-0.4, -0.2) is 32.2 Å². The van der Waals surface area contributed by atoms with Crippen LogP contribution in [-0.2, 0) is 22.3 Å². The fraction of sp³-hybridized carbons (Fsp3) is 0.562. The molecule has 0 bridgehead atoms. The van der Waals surface area contributed by atoms with Gasteiger partial charge in [0.1, 0.15) is 6.61 Å². The van der Waals surface area contributed by atoms with Crippen LogP contribution < -0.4 is 0 Å². The lowest BCUT2D eigenvalue weighted by molar-refractivity contribution is 0.0441. The van der Waals surface area contributed by atoms with Crippen molar-refractivity contribution in [3.8, 4) is 0 Å². The Hall–Kier alpha value is -1.19. The van der Waals surface area contributed by atoms with E-state index in [4.69, 9.17) is 9.47 Å². The lowest BCUT2D eigenvalue weighted by atomic mass is 10.0. The zero-order valence-corrected chi connectivity index (χ0v) is 11.6. The lowest BCUT2D eigenvalue weighted by Crippen LogP contribution is -2.13. The third kappa shape index (κ3) is 4.15. The van der Waals surface area contributed by atoms with Crippen molar-refractivity contribution < 1.29 is 14.3 Å². The van der Waals surface area contributed by atoms with Gasteiger partial charge >= 0.3 is 0 Å². The van der Waals surface area contributed by atoms with Crippen LogP contribution >= 0.6 is 0 Å². The molecule has 2 rings (SSSR count). The van der Waals surface area contributed by atoms with Crippen LogP contribution in [0.4, 0.5) is 0 Å². The first-order valence-electron chi connectivity index (χ1n) is 7.11. The fourth-order valence-corrected chi connectivity index (χ4v) is 2.36. The first-order valence-corrected chi connectivity index (χ1v) is 7.11. The van der Waals surface area contributed by atoms with Crippen molar-refractivity contribution in [3.63, 3.8) is 0 Å². The van der Waals surface area contributed by atoms with Crippen LogP contribution in [0.1, 0.15) is 41.3 Å². The molecule has 3 heteroatoms. The molecule has 0 fully saturated rings. The number of aryl methyl sites for hydroxylation is 2. The van der Waals surface area contributed by atoms with Gasteiger partial charge in [0.05, 0.1) is 13.2 Å². The molecule has 19 heavy (non-hydrogen) atoms. The van der Waals surface area contributed by atoms with Crippen molar-refractivity contribution in [1.29, 1.82) is 0 Å². The number of hydrogen-bond acceptors (Lipinski definition) is 3. The highest BCUT2D eigenvalue weighted by molar-refractivity contribution is 5.97. The lowest BCUT2D eigenvalue weighted by Gasteiger charge is -2.06. The molecule has 0 spiro atoms. The summed E-state index contributed by atoms with van der Waals surface area (Å²) in [6.07, 6.45) is 4.46. The molecule has 0 aromatic heterocycles. The van der Waals surface area contributed by atoms with Crippen molar-refractivity contribution in [1.82, 2.24) is 0 Å². The average Bonchev–Trinajstić information content (AvgIpc) is 2.89. The number of fused-ring (bicyclic) bond motifs is 1. The van der Waals surface area contributed by atoms with Gasteiger partial charge in [0.25, 0.3) is 0 Å². The second-order valence-electron chi connectivity index (χ2n) is 4.93. The molecule has 0 atom stereocenters. The zero-order chi connectivity index (χ0) is 13.5. The Bertz CT molecular complexity index is 426. The van der Waals surface area contributed by atoms with Crippen molar-refractivity contribution in [2.45, 2.75) is 32.6 Å². The minimum absolute atomic E-state index is 0.0604. The van der Waals surface area contributed by atoms with Gasteiger partial charge in [-0.2, -0.15) is 0 Å². The Balaban J connectivity index is 1.74. The summed E-state index contributed by atoms with van der Waals surface area (Å²) >= 11 is 0. The number of rotatable bonds is 8. The molecule has 104 valence electrons. The maximum absolute atomic E-state index is 12.0. The molecule has 0 unspecified atom stereocenters. The molecular formula is C16H22O3. The van der Waals surface area contributed by atoms with Crippen LogP contribution in [0.25, 0.3) is 0 Å². The summed E-state index contributed by atoms with van der Waals surface area (Å²) < 4.78 is 10.6. The second-order valence-corrected chi connectivity index (χ2v) is 4.93. The molecule has 0 N–H and O–H groups in total. The number of ether oxygens (including phenoxy) is 2. The van der Waals surface area contributed by atoms with E-state index in [0.29, 0.717) is 13.2 Å². The van der Waals surface area contributed by atoms with Gasteiger partial charge in [0, 0.05) is 12.2 Å². The van der Waals surface area contributed by atoms with Crippen molar-refractivity contribution >= 4 is 5.78 Å². The van der Waals surface area contributed by atoms with Crippen LogP contribution in [0.5, 0.6) is 0 Å². The van der Waals surface area contributed by atoms with Crippen LogP contribution in [0.3, 0.4) is 0 Å². The van der Waals surface area contributed by atoms with Crippen molar-refractivity contribution in [3.05, 3.63) is 34.9 Å². The highest BCUT2D eigenvalue weighted by Gasteiger charge is 2.13. The Kier molecular flexibility index (Phi) is 5.55. The third-order valence-electron chi connectivity index (χ3n) is 3.37. The molecular weight excluding hydrogens is 240 g/mol. The summed E-state index contributed by atoms with van der Waals surface area (Å²) in [6, 6.07) is 6.03. The van der Waals surface area contributed by atoms with E-state index in [1.165, 1.54) is 17.5 Å². The first-order chi connectivity index (χ1) is 9.31. The largest absolute Gasteiger partial charge is 0.379 e. The van der Waals surface area contributed by atoms with E-state index in [2.05, 4.69) is 13.0 Å². The normalized spacial score (nSPS) is 13.5. The molecule has 1 aromatic carbocycles. The summed E-state index contributed by atoms with van der Waals surface area (Å²) in [5.74, 6) is 0.0604. The van der Waals surface area contributed by atoms with E-state index < -0.39 is 0 Å². The number of carbonyl (C=O) groups excluding carboxylic acids is 1. The minimum Gasteiger partial charge on any atom is -0.379 e. The Morgan fingerprint density at radius 3 is 2.74 bits per heavy atom. The number of benzene rings is 1. The number of hydrogen-bond donors (Lipinski definition) is 0. The first kappa shape index (κ1) is 14.2. The molecule has 0 radical (unpaired) electrons. The van der Waals surface area contributed by atoms with E-state index in [1.54, 1.807) is 0 Å². The maximum atomic E-state index is 12.0. The van der Waals surface area contributed by atoms with Gasteiger partial charge in [-0.25, -0.2) is 0 Å². The Labute approximate surface area is 114 Å². The van der Waals surface area contributed by atoms with Crippen molar-refractivity contribution in [2.24, 2.45) is 0 Å². The van der Waals surface area contributed by atoms with Gasteiger partial charge in [-0.1, -0.05) is 19.1 Å². The molecule has 0 heterocycles. The topological polar surface area (TPSA) is 35.5 Å². The minimum atomic E-state index is 0.0604. The van der Waals surface area contributed by atoms with Gasteiger partial charge < -0.3 is 9.47 Å².